The minimum atomic E-state index is 0.221. The van der Waals surface area contributed by atoms with Gasteiger partial charge in [0.25, 0.3) is 0 Å². The van der Waals surface area contributed by atoms with Gasteiger partial charge in [-0.3, -0.25) is 4.68 Å². The van der Waals surface area contributed by atoms with Crippen molar-refractivity contribution < 1.29 is 0 Å². The zero-order chi connectivity index (χ0) is 13.6. The van der Waals surface area contributed by atoms with Gasteiger partial charge in [0.15, 0.2) is 0 Å². The monoisotopic (exact) mass is 258 g/mol. The largest absolute Gasteiger partial charge is 0.344 e. The molecule has 0 radical (unpaired) electrons. The SMILES string of the molecule is Cc1c(Cn2c(C)cc3c2CCCC3N)cnn1C. The van der Waals surface area contributed by atoms with Crippen LogP contribution >= 0.6 is 0 Å². The van der Waals surface area contributed by atoms with E-state index in [-0.39, 0.29) is 6.04 Å². The van der Waals surface area contributed by atoms with E-state index >= 15 is 0 Å². The summed E-state index contributed by atoms with van der Waals surface area (Å²) < 4.78 is 4.35. The van der Waals surface area contributed by atoms with Crippen molar-refractivity contribution in [1.82, 2.24) is 14.3 Å². The lowest BCUT2D eigenvalue weighted by Gasteiger charge is -2.21. The highest BCUT2D eigenvalue weighted by Crippen LogP contribution is 2.31. The number of rotatable bonds is 2. The van der Waals surface area contributed by atoms with Gasteiger partial charge in [-0.15, -0.1) is 0 Å². The van der Waals surface area contributed by atoms with Gasteiger partial charge in [-0.25, -0.2) is 0 Å². The van der Waals surface area contributed by atoms with Crippen LogP contribution in [0.2, 0.25) is 0 Å². The number of hydrogen-bond donors (Lipinski definition) is 1. The quantitative estimate of drug-likeness (QED) is 0.898. The number of nitrogens with two attached hydrogens (primary N) is 1. The van der Waals surface area contributed by atoms with Crippen LogP contribution in [-0.4, -0.2) is 14.3 Å². The predicted octanol–water partition coefficient (Wildman–Crippen LogP) is 2.22. The smallest absolute Gasteiger partial charge is 0.0542 e. The summed E-state index contributed by atoms with van der Waals surface area (Å²) in [5, 5.41) is 4.33. The molecule has 0 aliphatic heterocycles. The van der Waals surface area contributed by atoms with Gasteiger partial charge in [0, 0.05) is 35.7 Å². The van der Waals surface area contributed by atoms with Crippen molar-refractivity contribution in [2.24, 2.45) is 12.8 Å². The first kappa shape index (κ1) is 12.5. The fourth-order valence-corrected chi connectivity index (χ4v) is 3.09. The molecule has 0 aromatic carbocycles. The lowest BCUT2D eigenvalue weighted by Crippen LogP contribution is -2.18. The van der Waals surface area contributed by atoms with E-state index in [2.05, 4.69) is 29.6 Å². The molecule has 0 amide bonds. The van der Waals surface area contributed by atoms with Gasteiger partial charge in [0.2, 0.25) is 0 Å². The summed E-state index contributed by atoms with van der Waals surface area (Å²) in [6, 6.07) is 2.49. The molecule has 1 aliphatic rings. The van der Waals surface area contributed by atoms with Crippen LogP contribution in [0.25, 0.3) is 0 Å². The summed E-state index contributed by atoms with van der Waals surface area (Å²) in [4.78, 5) is 0. The lowest BCUT2D eigenvalue weighted by molar-refractivity contribution is 0.546. The Hall–Kier alpha value is -1.55. The first-order chi connectivity index (χ1) is 9.08. The van der Waals surface area contributed by atoms with Gasteiger partial charge in [0.05, 0.1) is 12.7 Å². The molecule has 2 N–H and O–H groups in total. The van der Waals surface area contributed by atoms with Crippen molar-refractivity contribution in [1.29, 1.82) is 0 Å². The summed E-state index contributed by atoms with van der Waals surface area (Å²) in [6.07, 6.45) is 5.44. The second-order valence-corrected chi connectivity index (χ2v) is 5.65. The minimum absolute atomic E-state index is 0.221. The van der Waals surface area contributed by atoms with Crippen molar-refractivity contribution in [2.45, 2.75) is 45.7 Å². The van der Waals surface area contributed by atoms with Crippen molar-refractivity contribution >= 4 is 0 Å². The van der Waals surface area contributed by atoms with E-state index in [1.54, 1.807) is 0 Å². The number of aryl methyl sites for hydroxylation is 2. The summed E-state index contributed by atoms with van der Waals surface area (Å²) in [6.45, 7) is 5.21. The van der Waals surface area contributed by atoms with Crippen molar-refractivity contribution in [3.8, 4) is 0 Å². The number of aromatic nitrogens is 3. The molecule has 4 nitrogen and oxygen atoms in total. The maximum Gasteiger partial charge on any atom is 0.0542 e. The number of hydrogen-bond acceptors (Lipinski definition) is 2. The van der Waals surface area contributed by atoms with Crippen LogP contribution in [0.3, 0.4) is 0 Å². The van der Waals surface area contributed by atoms with Crippen LogP contribution < -0.4 is 5.73 Å². The van der Waals surface area contributed by atoms with Gasteiger partial charge in [-0.05, 0) is 44.7 Å². The molecule has 1 atom stereocenters. The summed E-state index contributed by atoms with van der Waals surface area (Å²) >= 11 is 0. The van der Waals surface area contributed by atoms with Crippen molar-refractivity contribution in [3.63, 3.8) is 0 Å². The highest BCUT2D eigenvalue weighted by molar-refractivity contribution is 5.34. The minimum Gasteiger partial charge on any atom is -0.344 e. The zero-order valence-corrected chi connectivity index (χ0v) is 12.0. The van der Waals surface area contributed by atoms with E-state index in [9.17, 15) is 0 Å². The van der Waals surface area contributed by atoms with Crippen LogP contribution in [0.4, 0.5) is 0 Å². The second-order valence-electron chi connectivity index (χ2n) is 5.65. The normalized spacial score (nSPS) is 18.6. The van der Waals surface area contributed by atoms with Crippen molar-refractivity contribution in [3.05, 3.63) is 40.5 Å². The molecule has 3 rings (SSSR count). The number of nitrogens with zero attached hydrogens (tertiary/aromatic N) is 3. The Morgan fingerprint density at radius 2 is 2.21 bits per heavy atom. The Morgan fingerprint density at radius 1 is 1.42 bits per heavy atom. The third kappa shape index (κ3) is 2.00. The summed E-state index contributed by atoms with van der Waals surface area (Å²) in [5.74, 6) is 0. The van der Waals surface area contributed by atoms with Crippen molar-refractivity contribution in [2.75, 3.05) is 0 Å². The molecule has 0 spiro atoms. The molecular weight excluding hydrogens is 236 g/mol. The molecule has 19 heavy (non-hydrogen) atoms. The Balaban J connectivity index is 1.99. The standard InChI is InChI=1S/C15H22N4/c1-10-7-13-14(16)5-4-6-15(13)19(10)9-12-8-17-18(3)11(12)2/h7-8,14H,4-6,9,16H2,1-3H3. The van der Waals surface area contributed by atoms with Crippen LogP contribution in [0.15, 0.2) is 12.3 Å². The van der Waals surface area contributed by atoms with E-state index in [4.69, 9.17) is 5.73 Å². The van der Waals surface area contributed by atoms with Gasteiger partial charge in [0.1, 0.15) is 0 Å². The Labute approximate surface area is 114 Å². The molecule has 2 aromatic rings. The van der Waals surface area contributed by atoms with Crippen LogP contribution in [0.1, 0.15) is 47.1 Å². The Kier molecular flexibility index (Phi) is 2.97. The molecule has 4 heteroatoms. The van der Waals surface area contributed by atoms with Gasteiger partial charge in [-0.1, -0.05) is 0 Å². The molecule has 1 aliphatic carbocycles. The predicted molar refractivity (Wildman–Crippen MR) is 76.1 cm³/mol. The van der Waals surface area contributed by atoms with E-state index in [1.807, 2.05) is 17.9 Å². The van der Waals surface area contributed by atoms with Crippen LogP contribution in [0, 0.1) is 13.8 Å². The van der Waals surface area contributed by atoms with Gasteiger partial charge < -0.3 is 10.3 Å². The Morgan fingerprint density at radius 3 is 2.89 bits per heavy atom. The van der Waals surface area contributed by atoms with E-state index < -0.39 is 0 Å². The van der Waals surface area contributed by atoms with E-state index in [0.717, 1.165) is 19.4 Å². The summed E-state index contributed by atoms with van der Waals surface area (Å²) in [7, 11) is 1.99. The molecule has 0 bridgehead atoms. The van der Waals surface area contributed by atoms with Crippen LogP contribution in [-0.2, 0) is 20.0 Å². The Bertz CT molecular complexity index is 606. The third-order valence-corrected chi connectivity index (χ3v) is 4.44. The fraction of sp³-hybridized carbons (Fsp3) is 0.533. The van der Waals surface area contributed by atoms with E-state index in [0.29, 0.717) is 0 Å². The highest BCUT2D eigenvalue weighted by Gasteiger charge is 2.22. The maximum absolute atomic E-state index is 6.23. The molecule has 1 unspecified atom stereocenters. The van der Waals surface area contributed by atoms with Gasteiger partial charge in [-0.2, -0.15) is 5.10 Å². The first-order valence-electron chi connectivity index (χ1n) is 7.00. The first-order valence-corrected chi connectivity index (χ1v) is 7.00. The average Bonchev–Trinajstić information content (AvgIpc) is 2.86. The molecule has 2 heterocycles. The average molecular weight is 258 g/mol. The molecule has 2 aromatic heterocycles. The highest BCUT2D eigenvalue weighted by atomic mass is 15.3. The third-order valence-electron chi connectivity index (χ3n) is 4.44. The van der Waals surface area contributed by atoms with Crippen LogP contribution in [0.5, 0.6) is 0 Å². The van der Waals surface area contributed by atoms with E-state index in [1.165, 1.54) is 34.6 Å². The topological polar surface area (TPSA) is 48.8 Å². The second kappa shape index (κ2) is 4.53. The molecule has 0 saturated heterocycles. The summed E-state index contributed by atoms with van der Waals surface area (Å²) in [5.41, 5.74) is 12.9. The molecular formula is C15H22N4. The molecule has 102 valence electrons. The maximum atomic E-state index is 6.23. The fourth-order valence-electron chi connectivity index (χ4n) is 3.09. The van der Waals surface area contributed by atoms with Gasteiger partial charge >= 0.3 is 0 Å². The zero-order valence-electron chi connectivity index (χ0n) is 12.0. The lowest BCUT2D eigenvalue weighted by atomic mass is 9.93. The molecule has 0 saturated carbocycles. The number of fused-ring (bicyclic) bond motifs is 1. The molecule has 0 fully saturated rings.